The van der Waals surface area contributed by atoms with Crippen LogP contribution in [0.3, 0.4) is 0 Å². The minimum atomic E-state index is -0.245. The maximum absolute atomic E-state index is 11.6. The van der Waals surface area contributed by atoms with Gasteiger partial charge < -0.3 is 4.98 Å². The monoisotopic (exact) mass is 266 g/mol. The van der Waals surface area contributed by atoms with Gasteiger partial charge in [0.1, 0.15) is 4.60 Å². The molecule has 0 unspecified atom stereocenters. The first-order valence-electron chi connectivity index (χ1n) is 4.18. The average molecular weight is 267 g/mol. The fourth-order valence-corrected chi connectivity index (χ4v) is 1.26. The first-order chi connectivity index (χ1) is 7.25. The average Bonchev–Trinajstić information content (AvgIpc) is 2.71. The topological polar surface area (TPSA) is 70.7 Å². The molecule has 15 heavy (non-hydrogen) atoms. The van der Waals surface area contributed by atoms with Crippen molar-refractivity contribution in [2.75, 3.05) is 5.32 Å². The van der Waals surface area contributed by atoms with Gasteiger partial charge >= 0.3 is 0 Å². The largest absolute Gasteiger partial charge is 0.331 e. The van der Waals surface area contributed by atoms with E-state index in [0.717, 1.165) is 0 Å². The van der Waals surface area contributed by atoms with Gasteiger partial charge in [0.25, 0.3) is 5.91 Å². The molecule has 0 spiro atoms. The van der Waals surface area contributed by atoms with E-state index in [4.69, 9.17) is 0 Å². The van der Waals surface area contributed by atoms with Crippen molar-refractivity contribution in [3.63, 3.8) is 0 Å². The van der Waals surface area contributed by atoms with Crippen LogP contribution in [0.25, 0.3) is 0 Å². The molecule has 0 aromatic carbocycles. The number of pyridine rings is 1. The van der Waals surface area contributed by atoms with Crippen LogP contribution in [0, 0.1) is 0 Å². The van der Waals surface area contributed by atoms with Gasteiger partial charge in [0, 0.05) is 18.6 Å². The molecule has 1 amide bonds. The summed E-state index contributed by atoms with van der Waals surface area (Å²) in [7, 11) is 0. The third kappa shape index (κ3) is 2.41. The zero-order valence-electron chi connectivity index (χ0n) is 7.57. The molecule has 0 aliphatic heterocycles. The maximum atomic E-state index is 11.6. The molecule has 0 bridgehead atoms. The van der Waals surface area contributed by atoms with Gasteiger partial charge in [-0.1, -0.05) is 0 Å². The highest BCUT2D eigenvalue weighted by molar-refractivity contribution is 9.10. The molecule has 6 heteroatoms. The highest BCUT2D eigenvalue weighted by Gasteiger charge is 2.06. The zero-order chi connectivity index (χ0) is 10.7. The summed E-state index contributed by atoms with van der Waals surface area (Å²) >= 11 is 3.19. The number of H-pyrrole nitrogens is 1. The summed E-state index contributed by atoms with van der Waals surface area (Å²) in [5, 5.41) is 2.60. The summed E-state index contributed by atoms with van der Waals surface area (Å²) in [5.41, 5.74) is 0.481. The lowest BCUT2D eigenvalue weighted by Crippen LogP contribution is -2.13. The third-order valence-electron chi connectivity index (χ3n) is 1.72. The highest BCUT2D eigenvalue weighted by Crippen LogP contribution is 2.07. The predicted molar refractivity (Wildman–Crippen MR) is 58.5 cm³/mol. The van der Waals surface area contributed by atoms with Crippen LogP contribution in [0.15, 0.2) is 35.3 Å². The zero-order valence-corrected chi connectivity index (χ0v) is 9.15. The van der Waals surface area contributed by atoms with Gasteiger partial charge in [-0.3, -0.25) is 10.1 Å². The lowest BCUT2D eigenvalue weighted by Gasteiger charge is -2.00. The standard InChI is InChI=1S/C9H7BrN4O/c10-7-2-1-6(5-13-7)8(15)14-9-11-3-4-12-9/h1-5H,(H2,11,12,14,15). The number of hydrogen-bond acceptors (Lipinski definition) is 3. The molecule has 0 saturated heterocycles. The van der Waals surface area contributed by atoms with E-state index in [1.807, 2.05) is 0 Å². The second-order valence-corrected chi connectivity index (χ2v) is 3.57. The maximum Gasteiger partial charge on any atom is 0.259 e. The van der Waals surface area contributed by atoms with Crippen molar-refractivity contribution in [1.82, 2.24) is 15.0 Å². The number of aromatic nitrogens is 3. The van der Waals surface area contributed by atoms with Crippen molar-refractivity contribution in [1.29, 1.82) is 0 Å². The lowest BCUT2D eigenvalue weighted by atomic mass is 10.3. The fourth-order valence-electron chi connectivity index (χ4n) is 1.02. The Morgan fingerprint density at radius 1 is 1.40 bits per heavy atom. The first kappa shape index (κ1) is 9.85. The Bertz CT molecular complexity index is 451. The molecule has 2 rings (SSSR count). The van der Waals surface area contributed by atoms with Crippen molar-refractivity contribution in [3.8, 4) is 0 Å². The Hall–Kier alpha value is -1.69. The Morgan fingerprint density at radius 2 is 2.27 bits per heavy atom. The van der Waals surface area contributed by atoms with Crippen molar-refractivity contribution >= 4 is 27.8 Å². The van der Waals surface area contributed by atoms with Crippen LogP contribution in [0.2, 0.25) is 0 Å². The minimum absolute atomic E-state index is 0.245. The van der Waals surface area contributed by atoms with E-state index in [1.54, 1.807) is 24.5 Å². The van der Waals surface area contributed by atoms with E-state index in [9.17, 15) is 4.79 Å². The summed E-state index contributed by atoms with van der Waals surface area (Å²) in [6, 6.07) is 3.38. The first-order valence-corrected chi connectivity index (χ1v) is 4.97. The Morgan fingerprint density at radius 3 is 2.87 bits per heavy atom. The van der Waals surface area contributed by atoms with Crippen LogP contribution in [0.1, 0.15) is 10.4 Å². The molecule has 0 aliphatic rings. The molecule has 76 valence electrons. The molecule has 0 atom stereocenters. The van der Waals surface area contributed by atoms with Crippen LogP contribution >= 0.6 is 15.9 Å². The van der Waals surface area contributed by atoms with Gasteiger partial charge in [-0.05, 0) is 28.1 Å². The quantitative estimate of drug-likeness (QED) is 0.815. The van der Waals surface area contributed by atoms with Crippen molar-refractivity contribution in [2.45, 2.75) is 0 Å². The Labute approximate surface area is 94.1 Å². The van der Waals surface area contributed by atoms with E-state index in [1.165, 1.54) is 6.20 Å². The molecule has 2 heterocycles. The van der Waals surface area contributed by atoms with E-state index in [2.05, 4.69) is 36.2 Å². The van der Waals surface area contributed by atoms with Crippen LogP contribution in [0.4, 0.5) is 5.95 Å². The number of hydrogen-bond donors (Lipinski definition) is 2. The number of anilines is 1. The van der Waals surface area contributed by atoms with E-state index >= 15 is 0 Å². The van der Waals surface area contributed by atoms with E-state index in [0.29, 0.717) is 16.1 Å². The number of halogens is 1. The van der Waals surface area contributed by atoms with E-state index < -0.39 is 0 Å². The molecular weight excluding hydrogens is 260 g/mol. The Balaban J connectivity index is 2.11. The molecule has 0 fully saturated rings. The molecular formula is C9H7BrN4O. The van der Waals surface area contributed by atoms with Crippen molar-refractivity contribution < 1.29 is 4.79 Å². The normalized spacial score (nSPS) is 9.93. The van der Waals surface area contributed by atoms with Gasteiger partial charge in [-0.2, -0.15) is 0 Å². The number of carbonyl (C=O) groups is 1. The van der Waals surface area contributed by atoms with Crippen molar-refractivity contribution in [3.05, 3.63) is 40.9 Å². The van der Waals surface area contributed by atoms with Crippen LogP contribution < -0.4 is 5.32 Å². The van der Waals surface area contributed by atoms with Gasteiger partial charge in [-0.25, -0.2) is 9.97 Å². The number of nitrogens with one attached hydrogen (secondary N) is 2. The van der Waals surface area contributed by atoms with Crippen LogP contribution in [-0.2, 0) is 0 Å². The molecule has 0 aliphatic carbocycles. The van der Waals surface area contributed by atoms with Crippen LogP contribution in [-0.4, -0.2) is 20.9 Å². The molecule has 0 radical (unpaired) electrons. The van der Waals surface area contributed by atoms with Crippen molar-refractivity contribution in [2.24, 2.45) is 0 Å². The minimum Gasteiger partial charge on any atom is -0.331 e. The second-order valence-electron chi connectivity index (χ2n) is 2.76. The van der Waals surface area contributed by atoms with Gasteiger partial charge in [0.2, 0.25) is 5.95 Å². The molecule has 5 nitrogen and oxygen atoms in total. The molecule has 2 aromatic heterocycles. The number of aromatic amines is 1. The fraction of sp³-hybridized carbons (Fsp3) is 0. The molecule has 2 aromatic rings. The SMILES string of the molecule is O=C(Nc1ncc[nH]1)c1ccc(Br)nc1. The van der Waals surface area contributed by atoms with E-state index in [-0.39, 0.29) is 5.91 Å². The van der Waals surface area contributed by atoms with Gasteiger partial charge in [-0.15, -0.1) is 0 Å². The number of amides is 1. The predicted octanol–water partition coefficient (Wildman–Crippen LogP) is 1.82. The lowest BCUT2D eigenvalue weighted by molar-refractivity contribution is 0.102. The number of imidazole rings is 1. The van der Waals surface area contributed by atoms with Gasteiger partial charge in [0.15, 0.2) is 0 Å². The summed E-state index contributed by atoms with van der Waals surface area (Å²) < 4.78 is 0.692. The number of carbonyl (C=O) groups excluding carboxylic acids is 1. The smallest absolute Gasteiger partial charge is 0.259 e. The number of nitrogens with zero attached hydrogens (tertiary/aromatic N) is 2. The summed E-state index contributed by atoms with van der Waals surface area (Å²) in [4.78, 5) is 22.2. The summed E-state index contributed by atoms with van der Waals surface area (Å²) in [6.07, 6.45) is 4.69. The third-order valence-corrected chi connectivity index (χ3v) is 2.19. The Kier molecular flexibility index (Phi) is 2.77. The number of rotatable bonds is 2. The summed E-state index contributed by atoms with van der Waals surface area (Å²) in [5.74, 6) is 0.174. The molecule has 0 saturated carbocycles. The van der Waals surface area contributed by atoms with Crippen LogP contribution in [0.5, 0.6) is 0 Å². The second kappa shape index (κ2) is 4.22. The molecule has 2 N–H and O–H groups in total. The highest BCUT2D eigenvalue weighted by atomic mass is 79.9. The van der Waals surface area contributed by atoms with Gasteiger partial charge in [0.05, 0.1) is 5.56 Å². The summed E-state index contributed by atoms with van der Waals surface area (Å²) in [6.45, 7) is 0.